The first kappa shape index (κ1) is 18.8. The van der Waals surface area contributed by atoms with E-state index in [0.717, 1.165) is 0 Å². The number of rotatable bonds is 2. The van der Waals surface area contributed by atoms with Crippen molar-refractivity contribution in [1.82, 2.24) is 0 Å². The van der Waals surface area contributed by atoms with E-state index in [4.69, 9.17) is 26.4 Å². The maximum absolute atomic E-state index is 11.8. The van der Waals surface area contributed by atoms with Gasteiger partial charge in [-0.2, -0.15) is 0 Å². The standard InChI is InChI=1S/C18H21IO5S/c1-9-12-8-13(20)23-17(12)14(19)16(10(2)15(9)21)24-18(25)22-11-6-4-3-5-7-11/h3-7,9-10,12,14-17,21H,8H2,1-2H3/t9-,10-,12+,14+,15-,16+,17+/m1/s1. The van der Waals surface area contributed by atoms with Gasteiger partial charge in [-0.1, -0.05) is 54.6 Å². The highest BCUT2D eigenvalue weighted by Crippen LogP contribution is 2.43. The molecule has 0 unspecified atom stereocenters. The number of hydrogen-bond donors (Lipinski definition) is 1. The predicted molar refractivity (Wildman–Crippen MR) is 105 cm³/mol. The summed E-state index contributed by atoms with van der Waals surface area (Å²) in [5.74, 6) is 0.147. The van der Waals surface area contributed by atoms with Crippen LogP contribution in [0, 0.1) is 17.8 Å². The molecule has 0 spiro atoms. The molecule has 25 heavy (non-hydrogen) atoms. The summed E-state index contributed by atoms with van der Waals surface area (Å²) in [6.45, 7) is 3.90. The largest absolute Gasteiger partial charge is 0.461 e. The van der Waals surface area contributed by atoms with E-state index in [2.05, 4.69) is 22.6 Å². The zero-order valence-electron chi connectivity index (χ0n) is 14.0. The van der Waals surface area contributed by atoms with Gasteiger partial charge in [0.05, 0.1) is 16.4 Å². The number of hydrogen-bond acceptors (Lipinski definition) is 6. The van der Waals surface area contributed by atoms with Crippen molar-refractivity contribution in [2.75, 3.05) is 0 Å². The van der Waals surface area contributed by atoms with Crippen molar-refractivity contribution in [3.05, 3.63) is 30.3 Å². The van der Waals surface area contributed by atoms with Crippen LogP contribution in [0.15, 0.2) is 30.3 Å². The van der Waals surface area contributed by atoms with Crippen molar-refractivity contribution < 1.29 is 24.1 Å². The van der Waals surface area contributed by atoms with Gasteiger partial charge in [0.15, 0.2) is 0 Å². The van der Waals surface area contributed by atoms with E-state index in [-0.39, 0.29) is 39.0 Å². The molecular formula is C18H21IO5S. The molecule has 2 fully saturated rings. The van der Waals surface area contributed by atoms with Crippen LogP contribution in [0.1, 0.15) is 20.3 Å². The lowest BCUT2D eigenvalue weighted by molar-refractivity contribution is -0.142. The maximum Gasteiger partial charge on any atom is 0.358 e. The summed E-state index contributed by atoms with van der Waals surface area (Å²) in [4.78, 5) is 11.8. The van der Waals surface area contributed by atoms with Crippen LogP contribution < -0.4 is 4.74 Å². The average Bonchev–Trinajstić information content (AvgIpc) is 2.97. The molecule has 1 heterocycles. The normalized spacial score (nSPS) is 37.6. The topological polar surface area (TPSA) is 65.0 Å². The Bertz CT molecular complexity index is 640. The molecular weight excluding hydrogens is 455 g/mol. The van der Waals surface area contributed by atoms with Gasteiger partial charge in [0.2, 0.25) is 0 Å². The van der Waals surface area contributed by atoms with Crippen LogP contribution in [0.2, 0.25) is 0 Å². The number of carbonyl (C=O) groups is 1. The molecule has 1 saturated carbocycles. The van der Waals surface area contributed by atoms with Gasteiger partial charge in [-0.3, -0.25) is 4.79 Å². The molecule has 136 valence electrons. The second kappa shape index (κ2) is 7.75. The van der Waals surface area contributed by atoms with Gasteiger partial charge < -0.3 is 19.3 Å². The highest BCUT2D eigenvalue weighted by molar-refractivity contribution is 14.1. The summed E-state index contributed by atoms with van der Waals surface area (Å²) >= 11 is 7.48. The van der Waals surface area contributed by atoms with Crippen LogP contribution in [0.5, 0.6) is 5.75 Å². The number of alkyl halides is 1. The molecule has 0 bridgehead atoms. The number of para-hydroxylation sites is 1. The summed E-state index contributed by atoms with van der Waals surface area (Å²) in [7, 11) is 0. The first-order chi connectivity index (χ1) is 11.9. The highest BCUT2D eigenvalue weighted by Gasteiger charge is 2.53. The summed E-state index contributed by atoms with van der Waals surface area (Å²) < 4.78 is 16.9. The van der Waals surface area contributed by atoms with Crippen LogP contribution in [0.4, 0.5) is 0 Å². The number of aliphatic hydroxyl groups excluding tert-OH is 1. The molecule has 1 aromatic rings. The molecule has 0 amide bonds. The third-order valence-corrected chi connectivity index (χ3v) is 6.76. The minimum atomic E-state index is -0.605. The molecule has 1 saturated heterocycles. The fraction of sp³-hybridized carbons (Fsp3) is 0.556. The number of halogens is 1. The van der Waals surface area contributed by atoms with Crippen molar-refractivity contribution in [3.63, 3.8) is 0 Å². The number of ether oxygens (including phenoxy) is 3. The van der Waals surface area contributed by atoms with E-state index in [1.165, 1.54) is 0 Å². The Kier molecular flexibility index (Phi) is 5.85. The molecule has 0 radical (unpaired) electrons. The van der Waals surface area contributed by atoms with Gasteiger partial charge in [-0.15, -0.1) is 0 Å². The van der Waals surface area contributed by atoms with Crippen LogP contribution in [-0.2, 0) is 14.3 Å². The minimum absolute atomic E-state index is 0.00680. The summed E-state index contributed by atoms with van der Waals surface area (Å²) in [5, 5.41) is 10.7. The van der Waals surface area contributed by atoms with Crippen molar-refractivity contribution in [2.45, 2.75) is 42.5 Å². The molecule has 1 aliphatic carbocycles. The fourth-order valence-corrected chi connectivity index (χ4v) is 5.37. The fourth-order valence-electron chi connectivity index (χ4n) is 3.68. The minimum Gasteiger partial charge on any atom is -0.461 e. The molecule has 0 aromatic heterocycles. The smallest absolute Gasteiger partial charge is 0.358 e. The van der Waals surface area contributed by atoms with Gasteiger partial charge in [0.1, 0.15) is 18.0 Å². The van der Waals surface area contributed by atoms with E-state index >= 15 is 0 Å². The number of carbonyl (C=O) groups excluding carboxylic acids is 1. The van der Waals surface area contributed by atoms with Gasteiger partial charge in [0.25, 0.3) is 0 Å². The summed E-state index contributed by atoms with van der Waals surface area (Å²) in [5.41, 5.74) is 0. The lowest BCUT2D eigenvalue weighted by Gasteiger charge is -2.31. The zero-order chi connectivity index (χ0) is 18.1. The lowest BCUT2D eigenvalue weighted by atomic mass is 9.83. The number of esters is 1. The van der Waals surface area contributed by atoms with E-state index in [9.17, 15) is 9.90 Å². The molecule has 5 nitrogen and oxygen atoms in total. The summed E-state index contributed by atoms with van der Waals surface area (Å²) in [6, 6.07) is 9.17. The molecule has 2 aliphatic rings. The Balaban J connectivity index is 1.76. The monoisotopic (exact) mass is 476 g/mol. The third-order valence-electron chi connectivity index (χ3n) is 5.17. The number of aliphatic hydroxyl groups is 1. The molecule has 7 atom stereocenters. The van der Waals surface area contributed by atoms with Crippen molar-refractivity contribution >= 4 is 46.0 Å². The third kappa shape index (κ3) is 3.93. The van der Waals surface area contributed by atoms with Crippen LogP contribution in [-0.4, -0.2) is 38.5 Å². The maximum atomic E-state index is 11.8. The van der Waals surface area contributed by atoms with Gasteiger partial charge >= 0.3 is 11.2 Å². The summed E-state index contributed by atoms with van der Waals surface area (Å²) in [6.07, 6.45) is -0.957. The molecule has 1 aromatic carbocycles. The van der Waals surface area contributed by atoms with E-state index in [1.54, 1.807) is 12.1 Å². The Morgan fingerprint density at radius 3 is 2.64 bits per heavy atom. The molecule has 3 rings (SSSR count). The van der Waals surface area contributed by atoms with Crippen molar-refractivity contribution in [2.24, 2.45) is 17.8 Å². The van der Waals surface area contributed by atoms with Gasteiger partial charge in [-0.25, -0.2) is 0 Å². The SMILES string of the molecule is C[C@@H]1[C@H](O)[C@H](C)[C@@H]2CC(=O)O[C@@H]2[C@@H](I)[C@H]1OC(=S)Oc1ccccc1. The van der Waals surface area contributed by atoms with E-state index < -0.39 is 12.2 Å². The van der Waals surface area contributed by atoms with Gasteiger partial charge in [0, 0.05) is 24.1 Å². The number of fused-ring (bicyclic) bond motifs is 1. The van der Waals surface area contributed by atoms with E-state index in [1.807, 2.05) is 32.0 Å². The Labute approximate surface area is 166 Å². The van der Waals surface area contributed by atoms with Gasteiger partial charge in [-0.05, 0) is 18.1 Å². The zero-order valence-corrected chi connectivity index (χ0v) is 17.0. The molecule has 7 heteroatoms. The first-order valence-electron chi connectivity index (χ1n) is 8.33. The number of thiocarbonyl (C=S) groups is 1. The van der Waals surface area contributed by atoms with Crippen LogP contribution in [0.25, 0.3) is 0 Å². The predicted octanol–water partition coefficient (Wildman–Crippen LogP) is 3.12. The van der Waals surface area contributed by atoms with Crippen LogP contribution in [0.3, 0.4) is 0 Å². The van der Waals surface area contributed by atoms with E-state index in [0.29, 0.717) is 12.2 Å². The second-order valence-corrected chi connectivity index (χ2v) is 8.49. The molecule has 1 N–H and O–H groups in total. The Morgan fingerprint density at radius 1 is 1.28 bits per heavy atom. The first-order valence-corrected chi connectivity index (χ1v) is 9.99. The van der Waals surface area contributed by atoms with Crippen molar-refractivity contribution in [3.8, 4) is 5.75 Å². The Morgan fingerprint density at radius 2 is 1.96 bits per heavy atom. The Hall–Kier alpha value is -0.930. The second-order valence-electron chi connectivity index (χ2n) is 6.72. The lowest BCUT2D eigenvalue weighted by Crippen LogP contribution is -2.42. The highest BCUT2D eigenvalue weighted by atomic mass is 127. The average molecular weight is 476 g/mol. The molecule has 1 aliphatic heterocycles. The van der Waals surface area contributed by atoms with Crippen LogP contribution >= 0.6 is 34.8 Å². The number of benzene rings is 1. The quantitative estimate of drug-likeness (QED) is 0.307. The van der Waals surface area contributed by atoms with Crippen molar-refractivity contribution in [1.29, 1.82) is 0 Å².